The van der Waals surface area contributed by atoms with E-state index in [1.54, 1.807) is 6.07 Å². The summed E-state index contributed by atoms with van der Waals surface area (Å²) < 4.78 is 0. The van der Waals surface area contributed by atoms with E-state index in [2.05, 4.69) is 64.1 Å². The molecule has 3 heteroatoms. The van der Waals surface area contributed by atoms with Crippen LogP contribution in [0.2, 0.25) is 0 Å². The molecule has 3 rings (SSSR count). The van der Waals surface area contributed by atoms with E-state index in [9.17, 15) is 9.90 Å². The smallest absolute Gasteiger partial charge is 0.345 e. The number of carboxylic acid groups (broad SMARTS) is 1. The van der Waals surface area contributed by atoms with Crippen LogP contribution in [-0.2, 0) is 0 Å². The molecule has 0 amide bonds. The maximum absolute atomic E-state index is 11.5. The number of benzene rings is 2. The monoisotopic (exact) mass is 336 g/mol. The van der Waals surface area contributed by atoms with Crippen LogP contribution in [0.5, 0.6) is 0 Å². The predicted octanol–water partition coefficient (Wildman–Crippen LogP) is 6.01. The molecule has 3 aromatic rings. The van der Waals surface area contributed by atoms with Gasteiger partial charge in [0.2, 0.25) is 0 Å². The molecule has 0 aliphatic carbocycles. The van der Waals surface area contributed by atoms with Gasteiger partial charge in [0, 0.05) is 10.4 Å². The maximum Gasteiger partial charge on any atom is 0.345 e. The van der Waals surface area contributed by atoms with Crippen molar-refractivity contribution in [3.63, 3.8) is 0 Å². The number of aromatic carboxylic acids is 1. The highest BCUT2D eigenvalue weighted by molar-refractivity contribution is 7.18. The average molecular weight is 336 g/mol. The summed E-state index contributed by atoms with van der Waals surface area (Å²) in [5, 5.41) is 9.45. The molecule has 0 radical (unpaired) electrons. The number of thiophene rings is 1. The summed E-state index contributed by atoms with van der Waals surface area (Å²) in [5.74, 6) is -0.874. The average Bonchev–Trinajstić information content (AvgIpc) is 2.90. The standard InChI is InChI=1S/C21H20O2S/c1-12-5-13(2)8-16(7-12)18-11-19(21(22)23)24-20(18)17-9-14(3)6-15(4)10-17/h5-11H,1-4H3,(H,22,23). The van der Waals surface area contributed by atoms with Gasteiger partial charge in [-0.3, -0.25) is 0 Å². The molecule has 1 heterocycles. The van der Waals surface area contributed by atoms with Crippen molar-refractivity contribution in [3.8, 4) is 21.6 Å². The van der Waals surface area contributed by atoms with Gasteiger partial charge in [0.25, 0.3) is 0 Å². The second-order valence-electron chi connectivity index (χ2n) is 6.41. The lowest BCUT2D eigenvalue weighted by molar-refractivity contribution is 0.0702. The number of aryl methyl sites for hydroxylation is 4. The zero-order chi connectivity index (χ0) is 17.4. The Morgan fingerprint density at radius 1 is 0.750 bits per heavy atom. The van der Waals surface area contributed by atoms with Gasteiger partial charge in [-0.2, -0.15) is 0 Å². The number of carbonyl (C=O) groups is 1. The van der Waals surface area contributed by atoms with Crippen LogP contribution in [0.4, 0.5) is 0 Å². The molecule has 0 aliphatic rings. The zero-order valence-corrected chi connectivity index (χ0v) is 15.1. The third-order valence-corrected chi connectivity index (χ3v) is 5.13. The SMILES string of the molecule is Cc1cc(C)cc(-c2cc(C(=O)O)sc2-c2cc(C)cc(C)c2)c1. The summed E-state index contributed by atoms with van der Waals surface area (Å²) in [7, 11) is 0. The van der Waals surface area contributed by atoms with Crippen molar-refractivity contribution >= 4 is 17.3 Å². The largest absolute Gasteiger partial charge is 0.477 e. The minimum Gasteiger partial charge on any atom is -0.477 e. The number of rotatable bonds is 3. The van der Waals surface area contributed by atoms with Crippen molar-refractivity contribution < 1.29 is 9.90 Å². The zero-order valence-electron chi connectivity index (χ0n) is 14.3. The molecule has 2 nitrogen and oxygen atoms in total. The Kier molecular flexibility index (Phi) is 4.29. The molecule has 0 unspecified atom stereocenters. The van der Waals surface area contributed by atoms with Crippen LogP contribution in [0.25, 0.3) is 21.6 Å². The normalized spacial score (nSPS) is 10.8. The fraction of sp³-hybridized carbons (Fsp3) is 0.190. The van der Waals surface area contributed by atoms with Gasteiger partial charge < -0.3 is 5.11 Å². The second kappa shape index (κ2) is 6.25. The van der Waals surface area contributed by atoms with E-state index in [1.807, 2.05) is 0 Å². The fourth-order valence-corrected chi connectivity index (χ4v) is 4.17. The third-order valence-electron chi connectivity index (χ3n) is 3.96. The number of carboxylic acids is 1. The van der Waals surface area contributed by atoms with Crippen LogP contribution in [0.15, 0.2) is 42.5 Å². The van der Waals surface area contributed by atoms with Crippen LogP contribution in [-0.4, -0.2) is 11.1 Å². The maximum atomic E-state index is 11.5. The van der Waals surface area contributed by atoms with Crippen molar-refractivity contribution in [2.24, 2.45) is 0 Å². The van der Waals surface area contributed by atoms with Crippen molar-refractivity contribution in [1.82, 2.24) is 0 Å². The highest BCUT2D eigenvalue weighted by Crippen LogP contribution is 2.40. The Morgan fingerprint density at radius 2 is 1.21 bits per heavy atom. The van der Waals surface area contributed by atoms with Gasteiger partial charge >= 0.3 is 5.97 Å². The first-order chi connectivity index (χ1) is 11.3. The lowest BCUT2D eigenvalue weighted by Crippen LogP contribution is -1.90. The topological polar surface area (TPSA) is 37.3 Å². The van der Waals surface area contributed by atoms with Crippen molar-refractivity contribution in [2.75, 3.05) is 0 Å². The Balaban J connectivity index is 2.27. The second-order valence-corrected chi connectivity index (χ2v) is 7.46. The van der Waals surface area contributed by atoms with E-state index in [4.69, 9.17) is 0 Å². The van der Waals surface area contributed by atoms with Gasteiger partial charge in [-0.1, -0.05) is 58.7 Å². The van der Waals surface area contributed by atoms with Gasteiger partial charge in [0.1, 0.15) is 4.88 Å². The van der Waals surface area contributed by atoms with E-state index >= 15 is 0 Å². The number of hydrogen-bond donors (Lipinski definition) is 1. The van der Waals surface area contributed by atoms with E-state index in [0.29, 0.717) is 4.88 Å². The minimum atomic E-state index is -0.874. The van der Waals surface area contributed by atoms with Gasteiger partial charge in [0.15, 0.2) is 0 Å². The molecule has 2 aromatic carbocycles. The summed E-state index contributed by atoms with van der Waals surface area (Å²) >= 11 is 1.35. The Bertz CT molecular complexity index is 826. The molecule has 24 heavy (non-hydrogen) atoms. The van der Waals surface area contributed by atoms with Crippen molar-refractivity contribution in [2.45, 2.75) is 27.7 Å². The van der Waals surface area contributed by atoms with Gasteiger partial charge in [-0.05, 0) is 44.9 Å². The summed E-state index contributed by atoms with van der Waals surface area (Å²) in [6, 6.07) is 14.5. The summed E-state index contributed by atoms with van der Waals surface area (Å²) in [6.07, 6.45) is 0. The molecule has 1 N–H and O–H groups in total. The first-order valence-corrected chi connectivity index (χ1v) is 8.69. The molecule has 0 saturated heterocycles. The quantitative estimate of drug-likeness (QED) is 0.635. The van der Waals surface area contributed by atoms with Crippen LogP contribution in [0.3, 0.4) is 0 Å². The first kappa shape index (κ1) is 16.5. The molecular weight excluding hydrogens is 316 g/mol. The summed E-state index contributed by atoms with van der Waals surface area (Å²) in [5.41, 5.74) is 7.88. The highest BCUT2D eigenvalue weighted by Gasteiger charge is 2.17. The Labute approximate surface area is 146 Å². The lowest BCUT2D eigenvalue weighted by Gasteiger charge is -2.09. The lowest BCUT2D eigenvalue weighted by atomic mass is 9.97. The van der Waals surface area contributed by atoms with E-state index in [1.165, 1.54) is 33.6 Å². The molecule has 0 atom stereocenters. The molecule has 0 spiro atoms. The molecule has 1 aromatic heterocycles. The first-order valence-electron chi connectivity index (χ1n) is 7.88. The molecule has 0 bridgehead atoms. The summed E-state index contributed by atoms with van der Waals surface area (Å²) in [4.78, 5) is 12.9. The molecule has 0 fully saturated rings. The van der Waals surface area contributed by atoms with Gasteiger partial charge in [0.05, 0.1) is 0 Å². The summed E-state index contributed by atoms with van der Waals surface area (Å²) in [6.45, 7) is 8.27. The van der Waals surface area contributed by atoms with Crippen LogP contribution >= 0.6 is 11.3 Å². The predicted molar refractivity (Wildman–Crippen MR) is 101 cm³/mol. The van der Waals surface area contributed by atoms with Crippen molar-refractivity contribution in [3.05, 3.63) is 69.6 Å². The van der Waals surface area contributed by atoms with E-state index < -0.39 is 5.97 Å². The molecule has 0 aliphatic heterocycles. The Morgan fingerprint density at radius 3 is 1.67 bits per heavy atom. The minimum absolute atomic E-state index is 0.373. The molecule has 0 saturated carbocycles. The molecule has 122 valence electrons. The molecular formula is C21H20O2S. The van der Waals surface area contributed by atoms with Crippen LogP contribution in [0.1, 0.15) is 31.9 Å². The van der Waals surface area contributed by atoms with Crippen LogP contribution in [0, 0.1) is 27.7 Å². The Hall–Kier alpha value is -2.39. The third kappa shape index (κ3) is 3.26. The van der Waals surface area contributed by atoms with E-state index in [-0.39, 0.29) is 0 Å². The van der Waals surface area contributed by atoms with Crippen LogP contribution < -0.4 is 0 Å². The van der Waals surface area contributed by atoms with Crippen molar-refractivity contribution in [1.29, 1.82) is 0 Å². The fourth-order valence-electron chi connectivity index (χ4n) is 3.16. The van der Waals surface area contributed by atoms with E-state index in [0.717, 1.165) is 21.6 Å². The van der Waals surface area contributed by atoms with Gasteiger partial charge in [-0.25, -0.2) is 4.79 Å². The highest BCUT2D eigenvalue weighted by atomic mass is 32.1. The van der Waals surface area contributed by atoms with Gasteiger partial charge in [-0.15, -0.1) is 11.3 Å². The number of hydrogen-bond acceptors (Lipinski definition) is 2.